The Balaban J connectivity index is 1.37. The molecule has 2 aliphatic carbocycles. The Hall–Kier alpha value is -1.84. The molecule has 2 aromatic rings. The average molecular weight is 368 g/mol. The van der Waals surface area contributed by atoms with Crippen LogP contribution in [0.3, 0.4) is 0 Å². The molecular formula is C22H22ClNO2. The Morgan fingerprint density at radius 3 is 2.35 bits per heavy atom. The Morgan fingerprint density at radius 2 is 1.69 bits per heavy atom. The first-order valence-corrected chi connectivity index (χ1v) is 9.87. The van der Waals surface area contributed by atoms with Gasteiger partial charge in [0.15, 0.2) is 0 Å². The fraction of sp³-hybridized carbons (Fsp3) is 0.409. The lowest BCUT2D eigenvalue weighted by molar-refractivity contribution is -0.148. The van der Waals surface area contributed by atoms with Gasteiger partial charge in [0.05, 0.1) is 5.92 Å². The van der Waals surface area contributed by atoms with Gasteiger partial charge in [-0.3, -0.25) is 9.69 Å². The highest BCUT2D eigenvalue weighted by atomic mass is 35.5. The third kappa shape index (κ3) is 2.74. The number of aryl methyl sites for hydroxylation is 1. The van der Waals surface area contributed by atoms with Gasteiger partial charge in [0, 0.05) is 24.2 Å². The highest BCUT2D eigenvalue weighted by Gasteiger charge is 2.39. The summed E-state index contributed by atoms with van der Waals surface area (Å²) in [5.41, 5.74) is 6.47. The molecule has 1 saturated heterocycles. The SMILES string of the molecule is O=C(O)C1CN([C@@H]2CCc3cc(-c4ccc(C5CC5)c(Cl)c4)ccc32)C1. The van der Waals surface area contributed by atoms with E-state index in [1.54, 1.807) is 0 Å². The minimum absolute atomic E-state index is 0.189. The normalized spacial score (nSPS) is 22.9. The highest BCUT2D eigenvalue weighted by Crippen LogP contribution is 2.45. The topological polar surface area (TPSA) is 40.5 Å². The molecule has 0 aromatic heterocycles. The summed E-state index contributed by atoms with van der Waals surface area (Å²) in [5.74, 6) is -0.185. The van der Waals surface area contributed by atoms with Crippen LogP contribution in [0.15, 0.2) is 36.4 Å². The van der Waals surface area contributed by atoms with Gasteiger partial charge in [-0.2, -0.15) is 0 Å². The Morgan fingerprint density at radius 1 is 1.00 bits per heavy atom. The quantitative estimate of drug-likeness (QED) is 0.836. The summed E-state index contributed by atoms with van der Waals surface area (Å²) in [4.78, 5) is 13.4. The number of hydrogen-bond acceptors (Lipinski definition) is 2. The number of halogens is 1. The minimum atomic E-state index is -0.665. The largest absolute Gasteiger partial charge is 0.481 e. The number of likely N-dealkylation sites (tertiary alicyclic amines) is 1. The predicted molar refractivity (Wildman–Crippen MR) is 103 cm³/mol. The second-order valence-electron chi connectivity index (χ2n) is 7.97. The summed E-state index contributed by atoms with van der Waals surface area (Å²) in [5, 5.41) is 9.99. The number of carboxylic acid groups (broad SMARTS) is 1. The molecule has 1 heterocycles. The third-order valence-corrected chi connectivity index (χ3v) is 6.57. The molecule has 2 aromatic carbocycles. The van der Waals surface area contributed by atoms with Crippen LogP contribution < -0.4 is 0 Å². The maximum atomic E-state index is 11.0. The summed E-state index contributed by atoms with van der Waals surface area (Å²) < 4.78 is 0. The molecule has 3 aliphatic rings. The first kappa shape index (κ1) is 16.3. The van der Waals surface area contributed by atoms with Gasteiger partial charge in [-0.1, -0.05) is 41.9 Å². The number of carboxylic acids is 1. The zero-order chi connectivity index (χ0) is 17.8. The molecule has 0 radical (unpaired) electrons. The zero-order valence-corrected chi connectivity index (χ0v) is 15.4. The predicted octanol–water partition coefficient (Wildman–Crippen LogP) is 4.89. The first-order chi connectivity index (χ1) is 12.6. The standard InChI is InChI=1S/C22H22ClNO2/c23-20-10-15(3-6-18(20)13-1-2-13)14-4-7-19-16(9-14)5-8-21(19)24-11-17(12-24)22(25)26/h3-4,6-7,9-10,13,17,21H,1-2,5,8,11-12H2,(H,25,26)/t21-/m1/s1. The van der Waals surface area contributed by atoms with E-state index >= 15 is 0 Å². The third-order valence-electron chi connectivity index (χ3n) is 6.24. The van der Waals surface area contributed by atoms with Crippen molar-refractivity contribution in [1.82, 2.24) is 4.90 Å². The summed E-state index contributed by atoms with van der Waals surface area (Å²) in [6.07, 6.45) is 4.68. The van der Waals surface area contributed by atoms with Gasteiger partial charge in [0.2, 0.25) is 0 Å². The van der Waals surface area contributed by atoms with Crippen molar-refractivity contribution in [3.63, 3.8) is 0 Å². The van der Waals surface area contributed by atoms with Crippen molar-refractivity contribution >= 4 is 17.6 Å². The number of benzene rings is 2. The molecule has 1 aliphatic heterocycles. The van der Waals surface area contributed by atoms with Crippen LogP contribution >= 0.6 is 11.6 Å². The minimum Gasteiger partial charge on any atom is -0.481 e. The summed E-state index contributed by atoms with van der Waals surface area (Å²) in [6.45, 7) is 1.36. The van der Waals surface area contributed by atoms with E-state index in [1.807, 2.05) is 0 Å². The second kappa shape index (κ2) is 6.11. The Kier molecular flexibility index (Phi) is 3.84. The van der Waals surface area contributed by atoms with E-state index in [-0.39, 0.29) is 5.92 Å². The van der Waals surface area contributed by atoms with Crippen LogP contribution in [0.2, 0.25) is 5.02 Å². The van der Waals surface area contributed by atoms with Crippen molar-refractivity contribution in [3.05, 3.63) is 58.1 Å². The van der Waals surface area contributed by atoms with Crippen molar-refractivity contribution in [2.75, 3.05) is 13.1 Å². The Bertz CT molecular complexity index is 884. The summed E-state index contributed by atoms with van der Waals surface area (Å²) in [6, 6.07) is 13.6. The molecule has 134 valence electrons. The van der Waals surface area contributed by atoms with Crippen LogP contribution in [0.1, 0.15) is 47.9 Å². The van der Waals surface area contributed by atoms with Crippen LogP contribution in [0.4, 0.5) is 0 Å². The number of aliphatic carboxylic acids is 1. The lowest BCUT2D eigenvalue weighted by atomic mass is 9.94. The van der Waals surface area contributed by atoms with E-state index in [2.05, 4.69) is 41.3 Å². The summed E-state index contributed by atoms with van der Waals surface area (Å²) >= 11 is 6.51. The van der Waals surface area contributed by atoms with Gasteiger partial charge in [-0.05, 0) is 65.5 Å². The van der Waals surface area contributed by atoms with E-state index in [9.17, 15) is 4.79 Å². The molecule has 26 heavy (non-hydrogen) atoms. The molecule has 0 amide bonds. The van der Waals surface area contributed by atoms with Gasteiger partial charge in [-0.15, -0.1) is 0 Å². The van der Waals surface area contributed by atoms with E-state index in [4.69, 9.17) is 16.7 Å². The molecule has 5 rings (SSSR count). The van der Waals surface area contributed by atoms with Crippen molar-refractivity contribution in [2.45, 2.75) is 37.6 Å². The van der Waals surface area contributed by atoms with Gasteiger partial charge < -0.3 is 5.11 Å². The molecule has 2 fully saturated rings. The number of fused-ring (bicyclic) bond motifs is 1. The Labute approximate surface area is 158 Å². The second-order valence-corrected chi connectivity index (χ2v) is 8.37. The number of hydrogen-bond donors (Lipinski definition) is 1. The van der Waals surface area contributed by atoms with Gasteiger partial charge in [0.1, 0.15) is 0 Å². The molecule has 1 atom stereocenters. The fourth-order valence-electron chi connectivity index (χ4n) is 4.51. The van der Waals surface area contributed by atoms with Crippen molar-refractivity contribution in [3.8, 4) is 11.1 Å². The summed E-state index contributed by atoms with van der Waals surface area (Å²) in [7, 11) is 0. The van der Waals surface area contributed by atoms with Crippen LogP contribution in [-0.2, 0) is 11.2 Å². The van der Waals surface area contributed by atoms with Crippen molar-refractivity contribution in [2.24, 2.45) is 5.92 Å². The molecule has 0 spiro atoms. The monoisotopic (exact) mass is 367 g/mol. The lowest BCUT2D eigenvalue weighted by Crippen LogP contribution is -2.51. The smallest absolute Gasteiger partial charge is 0.309 e. The van der Waals surface area contributed by atoms with E-state index in [0.717, 1.165) is 17.9 Å². The lowest BCUT2D eigenvalue weighted by Gasteiger charge is -2.41. The van der Waals surface area contributed by atoms with E-state index in [0.29, 0.717) is 25.0 Å². The van der Waals surface area contributed by atoms with Crippen LogP contribution in [0.5, 0.6) is 0 Å². The van der Waals surface area contributed by atoms with Gasteiger partial charge >= 0.3 is 5.97 Å². The number of nitrogens with zero attached hydrogens (tertiary/aromatic N) is 1. The van der Waals surface area contributed by atoms with Crippen LogP contribution in [0.25, 0.3) is 11.1 Å². The van der Waals surface area contributed by atoms with E-state index < -0.39 is 5.97 Å². The van der Waals surface area contributed by atoms with Crippen LogP contribution in [-0.4, -0.2) is 29.1 Å². The highest BCUT2D eigenvalue weighted by molar-refractivity contribution is 6.31. The zero-order valence-electron chi connectivity index (χ0n) is 14.6. The van der Waals surface area contributed by atoms with Crippen molar-refractivity contribution < 1.29 is 9.90 Å². The average Bonchev–Trinajstić information content (AvgIpc) is 3.34. The fourth-order valence-corrected chi connectivity index (χ4v) is 4.84. The first-order valence-electron chi connectivity index (χ1n) is 9.49. The molecule has 0 bridgehead atoms. The number of rotatable bonds is 4. The molecule has 1 N–H and O–H groups in total. The van der Waals surface area contributed by atoms with Crippen LogP contribution in [0, 0.1) is 5.92 Å². The molecule has 3 nitrogen and oxygen atoms in total. The molecule has 4 heteroatoms. The molecule has 0 unspecified atom stereocenters. The maximum absolute atomic E-state index is 11.0. The maximum Gasteiger partial charge on any atom is 0.309 e. The molecular weight excluding hydrogens is 346 g/mol. The van der Waals surface area contributed by atoms with Crippen molar-refractivity contribution in [1.29, 1.82) is 0 Å². The van der Waals surface area contributed by atoms with Gasteiger partial charge in [0.25, 0.3) is 0 Å². The number of carbonyl (C=O) groups is 1. The van der Waals surface area contributed by atoms with Gasteiger partial charge in [-0.25, -0.2) is 0 Å². The van der Waals surface area contributed by atoms with E-state index in [1.165, 1.54) is 40.7 Å². The molecule has 1 saturated carbocycles.